The van der Waals surface area contributed by atoms with E-state index in [2.05, 4.69) is 247 Å². The van der Waals surface area contributed by atoms with Crippen LogP contribution < -0.4 is 14.5 Å². The molecule has 0 fully saturated rings. The van der Waals surface area contributed by atoms with Gasteiger partial charge in [0.25, 0.3) is 0 Å². The second-order valence-electron chi connectivity index (χ2n) is 20.4. The van der Waals surface area contributed by atoms with Gasteiger partial charge in [-0.3, -0.25) is 0 Å². The third-order valence-corrected chi connectivity index (χ3v) is 12.6. The van der Waals surface area contributed by atoms with E-state index in [0.717, 1.165) is 67.1 Å². The number of anilines is 4. The Bertz CT molecular complexity index is 3220. The first-order chi connectivity index (χ1) is 31.1. The molecule has 0 atom stereocenters. The molecule has 0 bridgehead atoms. The third-order valence-electron chi connectivity index (χ3n) is 12.6. The minimum atomic E-state index is -0.174. The van der Waals surface area contributed by atoms with Crippen LogP contribution in [0.3, 0.4) is 0 Å². The zero-order valence-corrected chi connectivity index (χ0v) is 41.5. The fourth-order valence-electron chi connectivity index (χ4n) is 8.83. The SMILES string of the molecule is CC(C)(C)c1ccc(-c2cc(-c3ccccc3)cc(N3[CH-]N(c4[c-]c(Oc5[c-]c6c(cc5)c5ccccc5n6-c5cc(C(C)(C)C)ccn5)cc(C(C)(C)C)c4)c4ccccc43)c2)cc1.[Pt]. The maximum absolute atomic E-state index is 6.85. The van der Waals surface area contributed by atoms with E-state index in [1.54, 1.807) is 0 Å². The molecular formula is C60H55N4OPt-3. The van der Waals surface area contributed by atoms with Crippen molar-refractivity contribution < 1.29 is 25.8 Å². The maximum Gasteiger partial charge on any atom is 0.135 e. The van der Waals surface area contributed by atoms with Crippen LogP contribution in [0, 0.1) is 18.8 Å². The zero-order chi connectivity index (χ0) is 45.3. The number of nitrogens with zero attached hydrogens (tertiary/aromatic N) is 4. The summed E-state index contributed by atoms with van der Waals surface area (Å²) in [5.41, 5.74) is 14.3. The Balaban J connectivity index is 0.00000548. The average Bonchev–Trinajstić information content (AvgIpc) is 3.85. The van der Waals surface area contributed by atoms with Gasteiger partial charge >= 0.3 is 0 Å². The molecule has 0 N–H and O–H groups in total. The molecule has 0 spiro atoms. The zero-order valence-electron chi connectivity index (χ0n) is 39.2. The van der Waals surface area contributed by atoms with Gasteiger partial charge in [0.2, 0.25) is 0 Å². The Labute approximate surface area is 405 Å². The predicted octanol–water partition coefficient (Wildman–Crippen LogP) is 16.2. The van der Waals surface area contributed by atoms with Gasteiger partial charge in [-0.05, 0) is 104 Å². The maximum atomic E-state index is 6.85. The topological polar surface area (TPSA) is 33.5 Å². The summed E-state index contributed by atoms with van der Waals surface area (Å²) in [7, 11) is 0. The Kier molecular flexibility index (Phi) is 11.6. The number of para-hydroxylation sites is 3. The minimum absolute atomic E-state index is 0. The molecule has 5 nitrogen and oxygen atoms in total. The molecular weight excluding hydrogens is 988 g/mol. The molecule has 3 heterocycles. The van der Waals surface area contributed by atoms with Gasteiger partial charge in [0.15, 0.2) is 0 Å². The number of pyridine rings is 1. The molecule has 6 heteroatoms. The monoisotopic (exact) mass is 1040 g/mol. The van der Waals surface area contributed by atoms with Crippen molar-refractivity contribution >= 4 is 44.6 Å². The number of fused-ring (bicyclic) bond motifs is 4. The number of benzene rings is 7. The van der Waals surface area contributed by atoms with Crippen LogP contribution in [0.25, 0.3) is 49.9 Å². The summed E-state index contributed by atoms with van der Waals surface area (Å²) in [6.45, 7) is 22.4. The van der Waals surface area contributed by atoms with E-state index in [-0.39, 0.29) is 37.3 Å². The molecule has 0 amide bonds. The van der Waals surface area contributed by atoms with E-state index in [0.29, 0.717) is 11.5 Å². The summed E-state index contributed by atoms with van der Waals surface area (Å²) < 4.78 is 9.05. The summed E-state index contributed by atoms with van der Waals surface area (Å²) in [6.07, 6.45) is 1.91. The summed E-state index contributed by atoms with van der Waals surface area (Å²) in [5, 5.41) is 2.23. The largest absolute Gasteiger partial charge is 0.509 e. The summed E-state index contributed by atoms with van der Waals surface area (Å²) in [5.74, 6) is 2.08. The number of rotatable bonds is 7. The first-order valence-corrected chi connectivity index (χ1v) is 22.6. The Morgan fingerprint density at radius 1 is 0.485 bits per heavy atom. The van der Waals surface area contributed by atoms with Gasteiger partial charge in [-0.25, -0.2) is 4.98 Å². The Morgan fingerprint density at radius 2 is 1.11 bits per heavy atom. The van der Waals surface area contributed by atoms with Gasteiger partial charge in [0, 0.05) is 61.3 Å². The molecule has 0 unspecified atom stereocenters. The standard InChI is InChI=1S/C60H55N4O.Pt/c1-58(2,3)44-25-23-41(24-26-44)43-31-42(40-17-11-10-12-18-40)32-47(33-43)62-39-63(55-22-16-15-21-54(55)62)48-34-46(60(7,8)9)35-50(37-48)65-49-27-28-52-51-19-13-14-20-53(51)64(56(52)38-49)57-36-45(29-30-61-57)59(4,5)6;/h10-36,39H,1-9H3;/q-3;. The van der Waals surface area contributed by atoms with E-state index in [1.165, 1.54) is 22.3 Å². The molecule has 0 saturated carbocycles. The van der Waals surface area contributed by atoms with Crippen LogP contribution in [0.1, 0.15) is 79.0 Å². The van der Waals surface area contributed by atoms with Crippen LogP contribution >= 0.6 is 0 Å². The number of ether oxygens (including phenoxy) is 1. The quantitative estimate of drug-likeness (QED) is 0.149. The number of aromatic nitrogens is 2. The van der Waals surface area contributed by atoms with Crippen molar-refractivity contribution in [3.05, 3.63) is 199 Å². The van der Waals surface area contributed by atoms with Gasteiger partial charge in [0.1, 0.15) is 5.82 Å². The van der Waals surface area contributed by atoms with Crippen LogP contribution in [0.2, 0.25) is 0 Å². The van der Waals surface area contributed by atoms with Crippen molar-refractivity contribution in [2.45, 2.75) is 78.6 Å². The molecule has 66 heavy (non-hydrogen) atoms. The van der Waals surface area contributed by atoms with Gasteiger partial charge in [-0.1, -0.05) is 153 Å². The Hall–Kier alpha value is -6.42. The molecule has 0 radical (unpaired) electrons. The molecule has 10 rings (SSSR count). The molecule has 0 saturated heterocycles. The van der Waals surface area contributed by atoms with Crippen molar-refractivity contribution in [2.75, 3.05) is 9.80 Å². The molecule has 334 valence electrons. The van der Waals surface area contributed by atoms with Crippen molar-refractivity contribution in [1.29, 1.82) is 0 Å². The van der Waals surface area contributed by atoms with E-state index in [4.69, 9.17) is 9.72 Å². The van der Waals surface area contributed by atoms with Crippen molar-refractivity contribution in [1.82, 2.24) is 9.55 Å². The fraction of sp³-hybridized carbons (Fsp3) is 0.200. The third kappa shape index (κ3) is 8.58. The van der Waals surface area contributed by atoms with Gasteiger partial charge in [0.05, 0.1) is 0 Å². The Morgan fingerprint density at radius 3 is 1.79 bits per heavy atom. The summed E-state index contributed by atoms with van der Waals surface area (Å²) >= 11 is 0. The van der Waals surface area contributed by atoms with Crippen molar-refractivity contribution in [3.8, 4) is 39.6 Å². The van der Waals surface area contributed by atoms with Gasteiger partial charge < -0.3 is 19.1 Å². The molecule has 2 aromatic heterocycles. The van der Waals surface area contributed by atoms with E-state index < -0.39 is 0 Å². The summed E-state index contributed by atoms with van der Waals surface area (Å²) in [4.78, 5) is 9.43. The van der Waals surface area contributed by atoms with Gasteiger partial charge in [-0.15, -0.1) is 53.6 Å². The number of hydrogen-bond donors (Lipinski definition) is 0. The van der Waals surface area contributed by atoms with Gasteiger partial charge in [-0.2, -0.15) is 6.07 Å². The van der Waals surface area contributed by atoms with Crippen LogP contribution in [0.4, 0.5) is 22.7 Å². The molecule has 1 aliphatic rings. The number of hydrogen-bond acceptors (Lipinski definition) is 4. The van der Waals surface area contributed by atoms with E-state index in [1.807, 2.05) is 12.3 Å². The second-order valence-corrected chi connectivity index (χ2v) is 20.4. The molecule has 7 aromatic carbocycles. The summed E-state index contributed by atoms with van der Waals surface area (Å²) in [6, 6.07) is 63.9. The smallest absolute Gasteiger partial charge is 0.135 e. The van der Waals surface area contributed by atoms with Crippen LogP contribution in [0.5, 0.6) is 11.5 Å². The second kappa shape index (κ2) is 17.1. The van der Waals surface area contributed by atoms with Crippen molar-refractivity contribution in [2.24, 2.45) is 0 Å². The van der Waals surface area contributed by atoms with E-state index in [9.17, 15) is 0 Å². The van der Waals surface area contributed by atoms with E-state index >= 15 is 0 Å². The minimum Gasteiger partial charge on any atom is -0.509 e. The first-order valence-electron chi connectivity index (χ1n) is 22.6. The molecule has 1 aliphatic heterocycles. The van der Waals surface area contributed by atoms with Crippen LogP contribution in [0.15, 0.2) is 164 Å². The van der Waals surface area contributed by atoms with Crippen LogP contribution in [-0.4, -0.2) is 9.55 Å². The molecule has 0 aliphatic carbocycles. The normalized spacial score (nSPS) is 13.0. The molecule has 9 aromatic rings. The average molecular weight is 1040 g/mol. The van der Waals surface area contributed by atoms with Crippen LogP contribution in [-0.2, 0) is 37.3 Å². The predicted molar refractivity (Wildman–Crippen MR) is 271 cm³/mol. The van der Waals surface area contributed by atoms with Crippen molar-refractivity contribution in [3.63, 3.8) is 0 Å². The first kappa shape index (κ1) is 44.8. The fourth-order valence-corrected chi connectivity index (χ4v) is 8.83.